The third kappa shape index (κ3) is 3.86. The highest BCUT2D eigenvalue weighted by molar-refractivity contribution is 8.00. The minimum absolute atomic E-state index is 0.0459. The Labute approximate surface area is 118 Å². The zero-order valence-electron chi connectivity index (χ0n) is 11.1. The summed E-state index contributed by atoms with van der Waals surface area (Å²) in [7, 11) is -2.97. The van der Waals surface area contributed by atoms with Gasteiger partial charge in [-0.3, -0.25) is 9.69 Å². The summed E-state index contributed by atoms with van der Waals surface area (Å²) in [5.41, 5.74) is 0. The Morgan fingerprint density at radius 1 is 1.42 bits per heavy atom. The molecule has 5 nitrogen and oxygen atoms in total. The SMILES string of the molecule is CC1SCCCC1N(CC(=O)O)C1CCS(=O)(=O)C1. The van der Waals surface area contributed by atoms with Crippen LogP contribution in [0.3, 0.4) is 0 Å². The zero-order chi connectivity index (χ0) is 14.0. The van der Waals surface area contributed by atoms with Gasteiger partial charge >= 0.3 is 5.97 Å². The summed E-state index contributed by atoms with van der Waals surface area (Å²) in [6.45, 7) is 2.07. The van der Waals surface area contributed by atoms with Gasteiger partial charge in [-0.25, -0.2) is 8.42 Å². The Kier molecular flexibility index (Phi) is 4.79. The highest BCUT2D eigenvalue weighted by Crippen LogP contribution is 2.32. The maximum Gasteiger partial charge on any atom is 0.317 e. The van der Waals surface area contributed by atoms with Gasteiger partial charge in [-0.1, -0.05) is 6.92 Å². The van der Waals surface area contributed by atoms with Crippen molar-refractivity contribution in [3.05, 3.63) is 0 Å². The van der Waals surface area contributed by atoms with Gasteiger partial charge in [0.05, 0.1) is 18.1 Å². The molecule has 0 aromatic rings. The van der Waals surface area contributed by atoms with Crippen LogP contribution >= 0.6 is 11.8 Å². The largest absolute Gasteiger partial charge is 0.480 e. The van der Waals surface area contributed by atoms with Gasteiger partial charge < -0.3 is 5.11 Å². The van der Waals surface area contributed by atoms with Gasteiger partial charge in [0, 0.05) is 17.3 Å². The monoisotopic (exact) mass is 307 g/mol. The van der Waals surface area contributed by atoms with Gasteiger partial charge in [0.1, 0.15) is 0 Å². The van der Waals surface area contributed by atoms with Crippen LogP contribution in [0.15, 0.2) is 0 Å². The molecule has 2 heterocycles. The number of nitrogens with zero attached hydrogens (tertiary/aromatic N) is 1. The number of carbonyl (C=O) groups is 1. The molecule has 0 amide bonds. The average molecular weight is 307 g/mol. The first-order chi connectivity index (χ1) is 8.89. The summed E-state index contributed by atoms with van der Waals surface area (Å²) in [6.07, 6.45) is 2.62. The number of sulfone groups is 1. The van der Waals surface area contributed by atoms with Crippen LogP contribution in [-0.4, -0.2) is 65.5 Å². The van der Waals surface area contributed by atoms with E-state index < -0.39 is 15.8 Å². The number of aliphatic carboxylic acids is 1. The number of hydrogen-bond donors (Lipinski definition) is 1. The van der Waals surface area contributed by atoms with Gasteiger partial charge in [0.2, 0.25) is 0 Å². The van der Waals surface area contributed by atoms with E-state index in [4.69, 9.17) is 5.11 Å². The molecule has 2 fully saturated rings. The first-order valence-corrected chi connectivity index (χ1v) is 9.55. The summed E-state index contributed by atoms with van der Waals surface area (Å²) in [4.78, 5) is 13.0. The Morgan fingerprint density at radius 3 is 2.68 bits per heavy atom. The lowest BCUT2D eigenvalue weighted by atomic mass is 10.0. The number of carboxylic acids is 1. The van der Waals surface area contributed by atoms with Crippen molar-refractivity contribution >= 4 is 27.6 Å². The fraction of sp³-hybridized carbons (Fsp3) is 0.917. The highest BCUT2D eigenvalue weighted by Gasteiger charge is 2.38. The fourth-order valence-electron chi connectivity index (χ4n) is 3.05. The van der Waals surface area contributed by atoms with Crippen LogP contribution in [0.2, 0.25) is 0 Å². The van der Waals surface area contributed by atoms with E-state index in [0.29, 0.717) is 11.7 Å². The van der Waals surface area contributed by atoms with Gasteiger partial charge in [-0.2, -0.15) is 11.8 Å². The molecule has 0 aliphatic carbocycles. The van der Waals surface area contributed by atoms with E-state index in [-0.39, 0.29) is 30.1 Å². The van der Waals surface area contributed by atoms with Crippen molar-refractivity contribution in [1.29, 1.82) is 0 Å². The molecule has 2 aliphatic heterocycles. The highest BCUT2D eigenvalue weighted by atomic mass is 32.2. The third-order valence-corrected chi connectivity index (χ3v) is 7.10. The second-order valence-electron chi connectivity index (χ2n) is 5.41. The quantitative estimate of drug-likeness (QED) is 0.830. The van der Waals surface area contributed by atoms with Crippen molar-refractivity contribution in [2.24, 2.45) is 0 Å². The Balaban J connectivity index is 2.13. The average Bonchev–Trinajstić information content (AvgIpc) is 2.67. The standard InChI is InChI=1S/C12H21NO4S2/c1-9-11(3-2-5-18-9)13(7-12(14)15)10-4-6-19(16,17)8-10/h9-11H,2-8H2,1H3,(H,14,15). The van der Waals surface area contributed by atoms with Crippen LogP contribution < -0.4 is 0 Å². The first-order valence-electron chi connectivity index (χ1n) is 6.68. The Bertz CT molecular complexity index is 437. The van der Waals surface area contributed by atoms with E-state index in [9.17, 15) is 13.2 Å². The predicted octanol–water partition coefficient (Wildman–Crippen LogP) is 0.844. The van der Waals surface area contributed by atoms with Crippen molar-refractivity contribution in [2.75, 3.05) is 23.8 Å². The van der Waals surface area contributed by atoms with E-state index >= 15 is 0 Å². The molecule has 0 aromatic carbocycles. The molecule has 110 valence electrons. The summed E-state index contributed by atoms with van der Waals surface area (Å²) in [5.74, 6) is 0.560. The van der Waals surface area contributed by atoms with E-state index in [1.54, 1.807) is 0 Å². The molecule has 2 rings (SSSR count). The molecule has 3 atom stereocenters. The minimum Gasteiger partial charge on any atom is -0.480 e. The normalized spacial score (nSPS) is 34.5. The summed E-state index contributed by atoms with van der Waals surface area (Å²) in [6, 6.07) is 0.0698. The van der Waals surface area contributed by atoms with Gasteiger partial charge in [-0.15, -0.1) is 0 Å². The number of hydrogen-bond acceptors (Lipinski definition) is 5. The Hall–Kier alpha value is -0.270. The molecular weight excluding hydrogens is 286 g/mol. The number of carboxylic acid groups (broad SMARTS) is 1. The van der Waals surface area contributed by atoms with Crippen LogP contribution in [-0.2, 0) is 14.6 Å². The molecule has 19 heavy (non-hydrogen) atoms. The maximum absolute atomic E-state index is 11.6. The fourth-order valence-corrected chi connectivity index (χ4v) is 6.02. The van der Waals surface area contributed by atoms with Gasteiger partial charge in [0.15, 0.2) is 9.84 Å². The molecule has 0 aromatic heterocycles. The first kappa shape index (κ1) is 15.1. The van der Waals surface area contributed by atoms with Gasteiger partial charge in [-0.05, 0) is 25.0 Å². The molecule has 2 saturated heterocycles. The Morgan fingerprint density at radius 2 is 2.16 bits per heavy atom. The maximum atomic E-state index is 11.6. The smallest absolute Gasteiger partial charge is 0.317 e. The van der Waals surface area contributed by atoms with Crippen LogP contribution in [0.5, 0.6) is 0 Å². The predicted molar refractivity (Wildman–Crippen MR) is 76.3 cm³/mol. The molecule has 0 spiro atoms. The van der Waals surface area contributed by atoms with E-state index in [2.05, 4.69) is 6.92 Å². The van der Waals surface area contributed by atoms with E-state index in [0.717, 1.165) is 18.6 Å². The number of rotatable bonds is 4. The lowest BCUT2D eigenvalue weighted by Gasteiger charge is -2.40. The lowest BCUT2D eigenvalue weighted by Crippen LogP contribution is -2.51. The van der Waals surface area contributed by atoms with Crippen molar-refractivity contribution < 1.29 is 18.3 Å². The summed E-state index contributed by atoms with van der Waals surface area (Å²) < 4.78 is 23.2. The second-order valence-corrected chi connectivity index (χ2v) is 9.12. The molecule has 0 radical (unpaired) electrons. The summed E-state index contributed by atoms with van der Waals surface area (Å²) in [5, 5.41) is 9.46. The van der Waals surface area contributed by atoms with Crippen LogP contribution in [0.4, 0.5) is 0 Å². The second kappa shape index (κ2) is 6.01. The zero-order valence-corrected chi connectivity index (χ0v) is 12.8. The van der Waals surface area contributed by atoms with Crippen molar-refractivity contribution in [3.63, 3.8) is 0 Å². The van der Waals surface area contributed by atoms with Crippen LogP contribution in [0, 0.1) is 0 Å². The molecule has 0 bridgehead atoms. The van der Waals surface area contributed by atoms with Crippen LogP contribution in [0.1, 0.15) is 26.2 Å². The molecule has 2 aliphatic rings. The molecule has 7 heteroatoms. The van der Waals surface area contributed by atoms with Crippen LogP contribution in [0.25, 0.3) is 0 Å². The van der Waals surface area contributed by atoms with Crippen molar-refractivity contribution in [2.45, 2.75) is 43.5 Å². The minimum atomic E-state index is -2.97. The van der Waals surface area contributed by atoms with E-state index in [1.165, 1.54) is 0 Å². The van der Waals surface area contributed by atoms with E-state index in [1.807, 2.05) is 16.7 Å². The van der Waals surface area contributed by atoms with Crippen molar-refractivity contribution in [1.82, 2.24) is 4.90 Å². The molecule has 1 N–H and O–H groups in total. The topological polar surface area (TPSA) is 74.7 Å². The van der Waals surface area contributed by atoms with Crippen molar-refractivity contribution in [3.8, 4) is 0 Å². The molecule has 0 saturated carbocycles. The summed E-state index contributed by atoms with van der Waals surface area (Å²) >= 11 is 1.86. The lowest BCUT2D eigenvalue weighted by molar-refractivity contribution is -0.139. The van der Waals surface area contributed by atoms with Gasteiger partial charge in [0.25, 0.3) is 0 Å². The third-order valence-electron chi connectivity index (χ3n) is 3.99. The number of thioether (sulfide) groups is 1. The molecular formula is C12H21NO4S2. The molecule has 3 unspecified atom stereocenters.